The number of hydrogen-bond donors (Lipinski definition) is 1. The molecule has 0 unspecified atom stereocenters. The molecule has 2 heterocycles. The van der Waals surface area contributed by atoms with Gasteiger partial charge in [0.2, 0.25) is 0 Å². The number of aromatic nitrogens is 2. The molecule has 0 saturated heterocycles. The summed E-state index contributed by atoms with van der Waals surface area (Å²) in [6, 6.07) is 10.2. The second-order valence-corrected chi connectivity index (χ2v) is 4.87. The lowest BCUT2D eigenvalue weighted by Gasteiger charge is -2.03. The predicted molar refractivity (Wildman–Crippen MR) is 77.9 cm³/mol. The van der Waals surface area contributed by atoms with Gasteiger partial charge in [-0.05, 0) is 30.3 Å². The number of nitrogens with zero attached hydrogens (tertiary/aromatic N) is 2. The van der Waals surface area contributed by atoms with Crippen molar-refractivity contribution < 1.29 is 14.6 Å². The Hall–Kier alpha value is -2.53. The van der Waals surface area contributed by atoms with Crippen molar-refractivity contribution in [3.8, 4) is 5.75 Å². The highest BCUT2D eigenvalue weighted by molar-refractivity contribution is 6.30. The van der Waals surface area contributed by atoms with E-state index in [4.69, 9.17) is 21.4 Å². The van der Waals surface area contributed by atoms with Crippen LogP contribution in [0.5, 0.6) is 5.75 Å². The maximum atomic E-state index is 11.1. The fourth-order valence-corrected chi connectivity index (χ4v) is 2.19. The van der Waals surface area contributed by atoms with Gasteiger partial charge in [-0.1, -0.05) is 17.7 Å². The number of halogens is 1. The Morgan fingerprint density at radius 2 is 2.19 bits per heavy atom. The number of ether oxygens (including phenoxy) is 1. The minimum absolute atomic E-state index is 0.159. The number of carbonyl (C=O) groups is 1. The van der Waals surface area contributed by atoms with Crippen LogP contribution >= 0.6 is 11.6 Å². The van der Waals surface area contributed by atoms with E-state index in [0.717, 1.165) is 0 Å². The second kappa shape index (κ2) is 5.46. The molecule has 0 aliphatic carbocycles. The SMILES string of the molecule is O=C(O)c1cccn2cc(COc3cccc(Cl)c3)nc12. The maximum Gasteiger partial charge on any atom is 0.339 e. The van der Waals surface area contributed by atoms with E-state index in [2.05, 4.69) is 4.98 Å². The summed E-state index contributed by atoms with van der Waals surface area (Å²) >= 11 is 5.88. The lowest BCUT2D eigenvalue weighted by atomic mass is 10.3. The van der Waals surface area contributed by atoms with E-state index in [1.807, 2.05) is 0 Å². The van der Waals surface area contributed by atoms with Crippen LogP contribution in [-0.4, -0.2) is 20.5 Å². The van der Waals surface area contributed by atoms with Crippen LogP contribution in [0.4, 0.5) is 0 Å². The first-order valence-corrected chi connectivity index (χ1v) is 6.59. The number of carboxylic acid groups (broad SMARTS) is 1. The number of pyridine rings is 1. The van der Waals surface area contributed by atoms with E-state index in [0.29, 0.717) is 22.1 Å². The minimum Gasteiger partial charge on any atom is -0.487 e. The van der Waals surface area contributed by atoms with Crippen LogP contribution in [0.25, 0.3) is 5.65 Å². The lowest BCUT2D eigenvalue weighted by Crippen LogP contribution is -2.00. The third kappa shape index (κ3) is 2.83. The smallest absolute Gasteiger partial charge is 0.339 e. The molecule has 0 aliphatic heterocycles. The van der Waals surface area contributed by atoms with Crippen LogP contribution in [-0.2, 0) is 6.61 Å². The molecule has 5 nitrogen and oxygen atoms in total. The molecule has 3 aromatic rings. The van der Waals surface area contributed by atoms with Crippen LogP contribution in [0.2, 0.25) is 5.02 Å². The molecule has 0 amide bonds. The molecular formula is C15H11ClN2O3. The summed E-state index contributed by atoms with van der Waals surface area (Å²) < 4.78 is 7.26. The zero-order valence-electron chi connectivity index (χ0n) is 10.9. The van der Waals surface area contributed by atoms with Gasteiger partial charge in [-0.3, -0.25) is 0 Å². The number of benzene rings is 1. The highest BCUT2D eigenvalue weighted by atomic mass is 35.5. The van der Waals surface area contributed by atoms with Crippen molar-refractivity contribution in [3.05, 3.63) is 65.1 Å². The first-order chi connectivity index (χ1) is 10.1. The molecule has 1 aromatic carbocycles. The molecule has 1 N–H and O–H groups in total. The molecule has 2 aromatic heterocycles. The van der Waals surface area contributed by atoms with Crippen LogP contribution < -0.4 is 4.74 Å². The second-order valence-electron chi connectivity index (χ2n) is 4.44. The van der Waals surface area contributed by atoms with Crippen molar-refractivity contribution in [2.24, 2.45) is 0 Å². The van der Waals surface area contributed by atoms with Crippen molar-refractivity contribution in [2.45, 2.75) is 6.61 Å². The summed E-state index contributed by atoms with van der Waals surface area (Å²) in [7, 11) is 0. The van der Waals surface area contributed by atoms with Gasteiger partial charge in [0.1, 0.15) is 17.9 Å². The Balaban J connectivity index is 1.85. The number of aromatic carboxylic acids is 1. The van der Waals surface area contributed by atoms with Crippen molar-refractivity contribution in [1.82, 2.24) is 9.38 Å². The number of fused-ring (bicyclic) bond motifs is 1. The van der Waals surface area contributed by atoms with Gasteiger partial charge in [-0.2, -0.15) is 0 Å². The van der Waals surface area contributed by atoms with Gasteiger partial charge in [-0.25, -0.2) is 9.78 Å². The van der Waals surface area contributed by atoms with Gasteiger partial charge in [0.15, 0.2) is 5.65 Å². The van der Waals surface area contributed by atoms with Crippen LogP contribution in [0.15, 0.2) is 48.8 Å². The maximum absolute atomic E-state index is 11.1. The molecule has 3 rings (SSSR count). The van der Waals surface area contributed by atoms with Crippen LogP contribution in [0.1, 0.15) is 16.1 Å². The number of carboxylic acids is 1. The van der Waals surface area contributed by atoms with Gasteiger partial charge in [0.25, 0.3) is 0 Å². The molecular weight excluding hydrogens is 292 g/mol. The fraction of sp³-hybridized carbons (Fsp3) is 0.0667. The summed E-state index contributed by atoms with van der Waals surface area (Å²) in [5.74, 6) is -0.369. The van der Waals surface area contributed by atoms with E-state index in [-0.39, 0.29) is 12.2 Å². The summed E-state index contributed by atoms with van der Waals surface area (Å²) in [5, 5.41) is 9.72. The molecule has 6 heteroatoms. The topological polar surface area (TPSA) is 63.8 Å². The van der Waals surface area contributed by atoms with Crippen molar-refractivity contribution >= 4 is 23.2 Å². The molecule has 0 aliphatic rings. The van der Waals surface area contributed by atoms with Crippen LogP contribution in [0.3, 0.4) is 0 Å². The number of imidazole rings is 1. The molecule has 0 spiro atoms. The average Bonchev–Trinajstić information content (AvgIpc) is 2.87. The third-order valence-corrected chi connectivity index (χ3v) is 3.18. The predicted octanol–water partition coefficient (Wildman–Crippen LogP) is 3.26. The Kier molecular flexibility index (Phi) is 3.50. The first kappa shape index (κ1) is 13.5. The summed E-state index contributed by atoms with van der Waals surface area (Å²) in [4.78, 5) is 15.4. The van der Waals surface area contributed by atoms with Crippen molar-refractivity contribution in [1.29, 1.82) is 0 Å². The van der Waals surface area contributed by atoms with E-state index >= 15 is 0 Å². The summed E-state index contributed by atoms with van der Waals surface area (Å²) in [6.07, 6.45) is 3.49. The Labute approximate surface area is 125 Å². The first-order valence-electron chi connectivity index (χ1n) is 6.22. The standard InChI is InChI=1S/C15H11ClN2O3/c16-10-3-1-4-12(7-10)21-9-11-8-18-6-2-5-13(15(19)20)14(18)17-11/h1-8H,9H2,(H,19,20). The number of hydrogen-bond acceptors (Lipinski definition) is 3. The highest BCUT2D eigenvalue weighted by Crippen LogP contribution is 2.19. The zero-order chi connectivity index (χ0) is 14.8. The average molecular weight is 303 g/mol. The van der Waals surface area contributed by atoms with Gasteiger partial charge < -0.3 is 14.2 Å². The molecule has 0 bridgehead atoms. The van der Waals surface area contributed by atoms with Crippen molar-refractivity contribution in [3.63, 3.8) is 0 Å². The van der Waals surface area contributed by atoms with E-state index in [9.17, 15) is 4.79 Å². The Morgan fingerprint density at radius 3 is 2.95 bits per heavy atom. The van der Waals surface area contributed by atoms with Gasteiger partial charge in [0.05, 0.1) is 5.69 Å². The fourth-order valence-electron chi connectivity index (χ4n) is 2.01. The summed E-state index contributed by atoms with van der Waals surface area (Å²) in [6.45, 7) is 0.237. The summed E-state index contributed by atoms with van der Waals surface area (Å²) in [5.41, 5.74) is 1.20. The minimum atomic E-state index is -1.01. The monoisotopic (exact) mass is 302 g/mol. The lowest BCUT2D eigenvalue weighted by molar-refractivity contribution is 0.0698. The normalized spacial score (nSPS) is 10.7. The van der Waals surface area contributed by atoms with Crippen LogP contribution in [0, 0.1) is 0 Å². The molecule has 21 heavy (non-hydrogen) atoms. The van der Waals surface area contributed by atoms with Gasteiger partial charge in [0, 0.05) is 17.4 Å². The molecule has 106 valence electrons. The highest BCUT2D eigenvalue weighted by Gasteiger charge is 2.11. The third-order valence-electron chi connectivity index (χ3n) is 2.95. The zero-order valence-corrected chi connectivity index (χ0v) is 11.6. The number of rotatable bonds is 4. The molecule has 0 radical (unpaired) electrons. The largest absolute Gasteiger partial charge is 0.487 e. The molecule has 0 fully saturated rings. The Bertz CT molecular complexity index is 814. The van der Waals surface area contributed by atoms with Gasteiger partial charge >= 0.3 is 5.97 Å². The van der Waals surface area contributed by atoms with Crippen molar-refractivity contribution in [2.75, 3.05) is 0 Å². The van der Waals surface area contributed by atoms with E-state index in [1.165, 1.54) is 6.07 Å². The quantitative estimate of drug-likeness (QED) is 0.803. The molecule has 0 atom stereocenters. The van der Waals surface area contributed by atoms with Gasteiger partial charge in [-0.15, -0.1) is 0 Å². The van der Waals surface area contributed by atoms with E-state index in [1.54, 1.807) is 47.1 Å². The molecule has 0 saturated carbocycles. The van der Waals surface area contributed by atoms with E-state index < -0.39 is 5.97 Å². The Morgan fingerprint density at radius 1 is 1.33 bits per heavy atom.